The third-order valence-electron chi connectivity index (χ3n) is 2.80. The fourth-order valence-electron chi connectivity index (χ4n) is 1.53. The predicted molar refractivity (Wildman–Crippen MR) is 73.3 cm³/mol. The fourth-order valence-corrected chi connectivity index (χ4v) is 2.39. The average molecular weight is 266 g/mol. The first-order valence-electron chi connectivity index (χ1n) is 5.83. The molecule has 0 atom stereocenters. The lowest BCUT2D eigenvalue weighted by Crippen LogP contribution is -2.23. The van der Waals surface area contributed by atoms with Gasteiger partial charge in [-0.3, -0.25) is 0 Å². The van der Waals surface area contributed by atoms with Crippen molar-refractivity contribution in [1.29, 1.82) is 5.26 Å². The van der Waals surface area contributed by atoms with Crippen LogP contribution in [0.4, 0.5) is 5.69 Å². The lowest BCUT2D eigenvalue weighted by atomic mass is 10.1. The summed E-state index contributed by atoms with van der Waals surface area (Å²) in [4.78, 5) is 0. The summed E-state index contributed by atoms with van der Waals surface area (Å²) in [6, 6.07) is 7.61. The molecule has 0 aromatic heterocycles. The Hall–Kier alpha value is -1.54. The molecule has 1 N–H and O–H groups in total. The average Bonchev–Trinajstić information content (AvgIpc) is 2.29. The van der Waals surface area contributed by atoms with Crippen LogP contribution in [0, 0.1) is 18.3 Å². The normalized spacial score (nSPS) is 11.3. The van der Waals surface area contributed by atoms with Crippen LogP contribution in [0.2, 0.25) is 0 Å². The molecule has 0 aliphatic heterocycles. The molecule has 0 unspecified atom stereocenters. The molecule has 0 radical (unpaired) electrons. The van der Waals surface area contributed by atoms with E-state index < -0.39 is 9.84 Å². The second-order valence-electron chi connectivity index (χ2n) is 4.45. The van der Waals surface area contributed by atoms with Gasteiger partial charge in [0, 0.05) is 6.54 Å². The Morgan fingerprint density at radius 1 is 1.39 bits per heavy atom. The van der Waals surface area contributed by atoms with E-state index in [2.05, 4.69) is 11.4 Å². The van der Waals surface area contributed by atoms with Crippen molar-refractivity contribution in [3.8, 4) is 6.07 Å². The van der Waals surface area contributed by atoms with Gasteiger partial charge >= 0.3 is 0 Å². The van der Waals surface area contributed by atoms with Crippen LogP contribution < -0.4 is 5.32 Å². The maximum absolute atomic E-state index is 11.6. The van der Waals surface area contributed by atoms with Crippen molar-refractivity contribution >= 4 is 15.5 Å². The molecule has 98 valence electrons. The number of hydrogen-bond acceptors (Lipinski definition) is 4. The Morgan fingerprint density at radius 2 is 2.06 bits per heavy atom. The van der Waals surface area contributed by atoms with Gasteiger partial charge in [0.25, 0.3) is 0 Å². The molecule has 18 heavy (non-hydrogen) atoms. The summed E-state index contributed by atoms with van der Waals surface area (Å²) in [5.74, 6) is 0.0729. The Bertz CT molecular complexity index is 557. The van der Waals surface area contributed by atoms with Crippen LogP contribution >= 0.6 is 0 Å². The topological polar surface area (TPSA) is 70.0 Å². The number of benzene rings is 1. The van der Waals surface area contributed by atoms with E-state index in [0.717, 1.165) is 5.56 Å². The Morgan fingerprint density at radius 3 is 2.61 bits per heavy atom. The van der Waals surface area contributed by atoms with Crippen LogP contribution in [0.3, 0.4) is 0 Å². The fraction of sp³-hybridized carbons (Fsp3) is 0.462. The number of nitrogens with zero attached hydrogens (tertiary/aromatic N) is 1. The molecule has 0 aliphatic carbocycles. The van der Waals surface area contributed by atoms with Crippen molar-refractivity contribution in [2.24, 2.45) is 0 Å². The number of hydrogen-bond donors (Lipinski definition) is 1. The van der Waals surface area contributed by atoms with Crippen LogP contribution in [0.1, 0.15) is 25.0 Å². The summed E-state index contributed by atoms with van der Waals surface area (Å²) in [6.45, 7) is 5.51. The second-order valence-corrected chi connectivity index (χ2v) is 7.13. The molecule has 5 heteroatoms. The minimum Gasteiger partial charge on any atom is -0.383 e. The van der Waals surface area contributed by atoms with Crippen LogP contribution in [0.15, 0.2) is 18.2 Å². The minimum atomic E-state index is -3.04. The standard InChI is InChI=1S/C13H18N2O2S/c1-10(2)18(16,17)8-7-15-13-6-4-5-11(3)12(13)9-14/h4-6,10,15H,7-8H2,1-3H3. The first-order chi connectivity index (χ1) is 8.38. The smallest absolute Gasteiger partial charge is 0.154 e. The van der Waals surface area contributed by atoms with Crippen LogP contribution in [-0.2, 0) is 9.84 Å². The van der Waals surface area contributed by atoms with E-state index in [1.165, 1.54) is 0 Å². The molecule has 4 nitrogen and oxygen atoms in total. The quantitative estimate of drug-likeness (QED) is 0.886. The second kappa shape index (κ2) is 5.87. The van der Waals surface area contributed by atoms with Gasteiger partial charge in [0.2, 0.25) is 0 Å². The van der Waals surface area contributed by atoms with E-state index in [1.807, 2.05) is 19.1 Å². The maximum Gasteiger partial charge on any atom is 0.154 e. The Kier molecular flexibility index (Phi) is 4.74. The van der Waals surface area contributed by atoms with Gasteiger partial charge in [0.15, 0.2) is 9.84 Å². The van der Waals surface area contributed by atoms with Crippen molar-refractivity contribution < 1.29 is 8.42 Å². The largest absolute Gasteiger partial charge is 0.383 e. The van der Waals surface area contributed by atoms with Gasteiger partial charge in [-0.2, -0.15) is 5.26 Å². The van der Waals surface area contributed by atoms with Crippen molar-refractivity contribution in [3.63, 3.8) is 0 Å². The van der Waals surface area contributed by atoms with Crippen LogP contribution in [0.5, 0.6) is 0 Å². The van der Waals surface area contributed by atoms with Crippen molar-refractivity contribution in [2.45, 2.75) is 26.0 Å². The number of rotatable bonds is 5. The minimum absolute atomic E-state index is 0.0729. The zero-order valence-corrected chi connectivity index (χ0v) is 11.7. The highest BCUT2D eigenvalue weighted by Crippen LogP contribution is 2.18. The first-order valence-corrected chi connectivity index (χ1v) is 7.55. The molecule has 0 saturated heterocycles. The van der Waals surface area contributed by atoms with Gasteiger partial charge in [-0.05, 0) is 32.4 Å². The van der Waals surface area contributed by atoms with Gasteiger partial charge in [-0.15, -0.1) is 0 Å². The lowest BCUT2D eigenvalue weighted by Gasteiger charge is -2.11. The van der Waals surface area contributed by atoms with E-state index in [0.29, 0.717) is 17.8 Å². The number of nitriles is 1. The monoisotopic (exact) mass is 266 g/mol. The van der Waals surface area contributed by atoms with Gasteiger partial charge < -0.3 is 5.32 Å². The highest BCUT2D eigenvalue weighted by Gasteiger charge is 2.15. The summed E-state index contributed by atoms with van der Waals surface area (Å²) < 4.78 is 23.3. The molecule has 1 aromatic rings. The molecular weight excluding hydrogens is 248 g/mol. The lowest BCUT2D eigenvalue weighted by molar-refractivity contribution is 0.588. The summed E-state index contributed by atoms with van der Waals surface area (Å²) in [5.41, 5.74) is 2.14. The van der Waals surface area contributed by atoms with Gasteiger partial charge in [-0.1, -0.05) is 12.1 Å². The SMILES string of the molecule is Cc1cccc(NCCS(=O)(=O)C(C)C)c1C#N. The van der Waals surface area contributed by atoms with E-state index in [1.54, 1.807) is 19.9 Å². The Labute approximate surface area is 109 Å². The summed E-state index contributed by atoms with van der Waals surface area (Å²) >= 11 is 0. The number of nitrogens with one attached hydrogen (secondary N) is 1. The van der Waals surface area contributed by atoms with Gasteiger partial charge in [0.1, 0.15) is 6.07 Å². The third-order valence-corrected chi connectivity index (χ3v) is 5.01. The molecule has 1 aromatic carbocycles. The number of sulfone groups is 1. The highest BCUT2D eigenvalue weighted by atomic mass is 32.2. The van der Waals surface area contributed by atoms with Gasteiger partial charge in [-0.25, -0.2) is 8.42 Å². The predicted octanol–water partition coefficient (Wildman–Crippen LogP) is 2.10. The number of anilines is 1. The first kappa shape index (κ1) is 14.5. The zero-order valence-electron chi connectivity index (χ0n) is 10.9. The summed E-state index contributed by atoms with van der Waals surface area (Å²) in [7, 11) is -3.04. The van der Waals surface area contributed by atoms with E-state index >= 15 is 0 Å². The third kappa shape index (κ3) is 3.47. The summed E-state index contributed by atoms with van der Waals surface area (Å²) in [6.07, 6.45) is 0. The van der Waals surface area contributed by atoms with Crippen molar-refractivity contribution in [1.82, 2.24) is 0 Å². The summed E-state index contributed by atoms with van der Waals surface area (Å²) in [5, 5.41) is 11.7. The highest BCUT2D eigenvalue weighted by molar-refractivity contribution is 7.92. The molecule has 0 bridgehead atoms. The van der Waals surface area contributed by atoms with Crippen LogP contribution in [0.25, 0.3) is 0 Å². The zero-order chi connectivity index (χ0) is 13.8. The molecule has 0 saturated carbocycles. The molecule has 0 fully saturated rings. The van der Waals surface area contributed by atoms with E-state index in [4.69, 9.17) is 5.26 Å². The molecule has 0 aliphatic rings. The number of aryl methyl sites for hydroxylation is 1. The molecule has 0 heterocycles. The molecule has 0 spiro atoms. The van der Waals surface area contributed by atoms with E-state index in [-0.39, 0.29) is 11.0 Å². The van der Waals surface area contributed by atoms with E-state index in [9.17, 15) is 8.42 Å². The van der Waals surface area contributed by atoms with Crippen molar-refractivity contribution in [2.75, 3.05) is 17.6 Å². The maximum atomic E-state index is 11.6. The van der Waals surface area contributed by atoms with Crippen LogP contribution in [-0.4, -0.2) is 26.0 Å². The molecule has 1 rings (SSSR count). The Balaban J connectivity index is 2.72. The van der Waals surface area contributed by atoms with Crippen molar-refractivity contribution in [3.05, 3.63) is 29.3 Å². The molecular formula is C13H18N2O2S. The van der Waals surface area contributed by atoms with Gasteiger partial charge in [0.05, 0.1) is 22.3 Å². The molecule has 0 amide bonds.